The van der Waals surface area contributed by atoms with Gasteiger partial charge in [-0.05, 0) is 36.2 Å². The highest BCUT2D eigenvalue weighted by Gasteiger charge is 2.34. The molecule has 4 aromatic rings. The number of anilines is 1. The molecule has 0 aliphatic carbocycles. The monoisotopic (exact) mass is 442 g/mol. The summed E-state index contributed by atoms with van der Waals surface area (Å²) in [5, 5.41) is 4.00. The second kappa shape index (κ2) is 8.89. The van der Waals surface area contributed by atoms with Crippen molar-refractivity contribution in [1.29, 1.82) is 0 Å². The number of alkyl halides is 4. The fourth-order valence-corrected chi connectivity index (χ4v) is 3.47. The second-order valence-corrected chi connectivity index (χ2v) is 7.18. The average molecular weight is 443 g/mol. The number of benzene rings is 2. The molecule has 2 aromatic carbocycles. The molecule has 0 atom stereocenters. The summed E-state index contributed by atoms with van der Waals surface area (Å²) < 4.78 is 40.3. The number of pyridine rings is 1. The largest absolute Gasteiger partial charge is 0.418 e. The second-order valence-electron chi connectivity index (χ2n) is 6.91. The first-order valence-electron chi connectivity index (χ1n) is 9.63. The van der Waals surface area contributed by atoms with Gasteiger partial charge in [-0.1, -0.05) is 36.4 Å². The maximum Gasteiger partial charge on any atom is 0.418 e. The summed E-state index contributed by atoms with van der Waals surface area (Å²) >= 11 is 5.96. The van der Waals surface area contributed by atoms with Crippen molar-refractivity contribution in [3.8, 4) is 11.3 Å². The summed E-state index contributed by atoms with van der Waals surface area (Å²) in [6.07, 6.45) is -2.37. The van der Waals surface area contributed by atoms with E-state index in [9.17, 15) is 13.2 Å². The smallest absolute Gasteiger partial charge is 0.369 e. The average Bonchev–Trinajstić information content (AvgIpc) is 2.78. The predicted octanol–water partition coefficient (Wildman–Crippen LogP) is 6.10. The van der Waals surface area contributed by atoms with Gasteiger partial charge in [0.1, 0.15) is 11.6 Å². The number of fused-ring (bicyclic) bond motifs is 1. The van der Waals surface area contributed by atoms with Gasteiger partial charge < -0.3 is 5.32 Å². The lowest BCUT2D eigenvalue weighted by Crippen LogP contribution is -2.09. The zero-order valence-electron chi connectivity index (χ0n) is 16.3. The fraction of sp³-hybridized carbons (Fsp3) is 0.174. The van der Waals surface area contributed by atoms with Gasteiger partial charge in [-0.15, -0.1) is 11.6 Å². The molecule has 2 heterocycles. The highest BCUT2D eigenvalue weighted by molar-refractivity contribution is 6.16. The first kappa shape index (κ1) is 21.1. The number of nitrogens with one attached hydrogen (secondary N) is 1. The molecule has 4 rings (SSSR count). The molecule has 31 heavy (non-hydrogen) atoms. The first-order chi connectivity index (χ1) is 15.0. The van der Waals surface area contributed by atoms with Crippen LogP contribution in [-0.4, -0.2) is 21.5 Å². The van der Waals surface area contributed by atoms with Crippen molar-refractivity contribution in [3.63, 3.8) is 0 Å². The number of halogens is 4. The molecule has 0 aliphatic rings. The molecule has 0 saturated carbocycles. The number of hydrogen-bond acceptors (Lipinski definition) is 4. The summed E-state index contributed by atoms with van der Waals surface area (Å²) in [5.41, 5.74) is 1.09. The molecule has 0 amide bonds. The van der Waals surface area contributed by atoms with Crippen molar-refractivity contribution in [2.75, 3.05) is 11.9 Å². The van der Waals surface area contributed by atoms with E-state index in [0.717, 1.165) is 12.5 Å². The SMILES string of the molecule is FC(F)(F)c1cccnc1-c1ccc2c(NCCc3ccccc3)nc(CCl)nc2c1. The zero-order chi connectivity index (χ0) is 21.8. The number of aromatic nitrogens is 3. The summed E-state index contributed by atoms with van der Waals surface area (Å²) in [6, 6.07) is 17.2. The Morgan fingerprint density at radius 1 is 0.935 bits per heavy atom. The topological polar surface area (TPSA) is 50.7 Å². The minimum atomic E-state index is -4.50. The van der Waals surface area contributed by atoms with E-state index in [1.165, 1.54) is 17.8 Å². The van der Waals surface area contributed by atoms with Crippen molar-refractivity contribution in [3.05, 3.63) is 83.8 Å². The van der Waals surface area contributed by atoms with Gasteiger partial charge in [-0.3, -0.25) is 4.98 Å². The van der Waals surface area contributed by atoms with Crippen molar-refractivity contribution in [2.45, 2.75) is 18.5 Å². The minimum Gasteiger partial charge on any atom is -0.369 e. The molecule has 158 valence electrons. The lowest BCUT2D eigenvalue weighted by atomic mass is 10.0. The molecule has 0 saturated heterocycles. The highest BCUT2D eigenvalue weighted by Crippen LogP contribution is 2.36. The summed E-state index contributed by atoms with van der Waals surface area (Å²) in [5.74, 6) is 1.08. The molecule has 0 spiro atoms. The third kappa shape index (κ3) is 4.77. The van der Waals surface area contributed by atoms with Gasteiger partial charge in [0.2, 0.25) is 0 Å². The van der Waals surface area contributed by atoms with E-state index < -0.39 is 11.7 Å². The quantitative estimate of drug-likeness (QED) is 0.366. The van der Waals surface area contributed by atoms with Crippen LogP contribution in [0.2, 0.25) is 0 Å². The van der Waals surface area contributed by atoms with E-state index in [-0.39, 0.29) is 11.6 Å². The van der Waals surface area contributed by atoms with E-state index in [1.807, 2.05) is 30.3 Å². The lowest BCUT2D eigenvalue weighted by molar-refractivity contribution is -0.137. The molecule has 2 aromatic heterocycles. The van der Waals surface area contributed by atoms with Crippen LogP contribution in [0.5, 0.6) is 0 Å². The Balaban J connectivity index is 1.69. The Hall–Kier alpha value is -3.19. The number of rotatable bonds is 6. The molecule has 0 unspecified atom stereocenters. The lowest BCUT2D eigenvalue weighted by Gasteiger charge is -2.14. The van der Waals surface area contributed by atoms with Gasteiger partial charge in [0.15, 0.2) is 0 Å². The van der Waals surface area contributed by atoms with Gasteiger partial charge in [0, 0.05) is 23.7 Å². The van der Waals surface area contributed by atoms with E-state index in [0.29, 0.717) is 34.7 Å². The van der Waals surface area contributed by atoms with E-state index in [1.54, 1.807) is 18.2 Å². The summed E-state index contributed by atoms with van der Waals surface area (Å²) in [4.78, 5) is 12.8. The Morgan fingerprint density at radius 3 is 2.48 bits per heavy atom. The summed E-state index contributed by atoms with van der Waals surface area (Å²) in [7, 11) is 0. The predicted molar refractivity (Wildman–Crippen MR) is 116 cm³/mol. The van der Waals surface area contributed by atoms with Crippen LogP contribution in [0.15, 0.2) is 66.9 Å². The molecular formula is C23H18ClF3N4. The van der Waals surface area contributed by atoms with E-state index in [4.69, 9.17) is 11.6 Å². The molecule has 0 fully saturated rings. The molecule has 1 N–H and O–H groups in total. The van der Waals surface area contributed by atoms with Crippen LogP contribution in [0.25, 0.3) is 22.2 Å². The standard InChI is InChI=1S/C23H18ClF3N4/c24-14-20-30-19-13-16(21-18(23(25,26)27)7-4-11-28-21)8-9-17(19)22(31-20)29-12-10-15-5-2-1-3-6-15/h1-9,11,13H,10,12,14H2,(H,29,30,31). The van der Waals surface area contributed by atoms with Crippen molar-refractivity contribution >= 4 is 28.3 Å². The Labute approximate surface area is 182 Å². The Kier molecular flexibility index (Phi) is 6.04. The van der Waals surface area contributed by atoms with Gasteiger partial charge in [0.05, 0.1) is 22.7 Å². The molecule has 8 heteroatoms. The number of nitrogens with zero attached hydrogens (tertiary/aromatic N) is 3. The molecule has 4 nitrogen and oxygen atoms in total. The van der Waals surface area contributed by atoms with Gasteiger partial charge in [0.25, 0.3) is 0 Å². The van der Waals surface area contributed by atoms with Crippen LogP contribution in [-0.2, 0) is 18.5 Å². The normalized spacial score (nSPS) is 11.6. The molecule has 0 bridgehead atoms. The Morgan fingerprint density at radius 2 is 1.74 bits per heavy atom. The van der Waals surface area contributed by atoms with Crippen LogP contribution in [0.3, 0.4) is 0 Å². The third-order valence-electron chi connectivity index (χ3n) is 4.80. The van der Waals surface area contributed by atoms with E-state index in [2.05, 4.69) is 20.3 Å². The number of hydrogen-bond donors (Lipinski definition) is 1. The van der Waals surface area contributed by atoms with Gasteiger partial charge in [-0.25, -0.2) is 9.97 Å². The fourth-order valence-electron chi connectivity index (χ4n) is 3.35. The Bertz CT molecular complexity index is 1200. The van der Waals surface area contributed by atoms with Crippen molar-refractivity contribution < 1.29 is 13.2 Å². The molecule has 0 aliphatic heterocycles. The van der Waals surface area contributed by atoms with Crippen LogP contribution >= 0.6 is 11.6 Å². The molecule has 0 radical (unpaired) electrons. The summed E-state index contributed by atoms with van der Waals surface area (Å²) in [6.45, 7) is 0.637. The van der Waals surface area contributed by atoms with Crippen LogP contribution < -0.4 is 5.32 Å². The highest BCUT2D eigenvalue weighted by atomic mass is 35.5. The van der Waals surface area contributed by atoms with Crippen LogP contribution in [0, 0.1) is 0 Å². The van der Waals surface area contributed by atoms with Crippen molar-refractivity contribution in [2.24, 2.45) is 0 Å². The maximum atomic E-state index is 13.4. The van der Waals surface area contributed by atoms with Crippen LogP contribution in [0.4, 0.5) is 19.0 Å². The maximum absolute atomic E-state index is 13.4. The van der Waals surface area contributed by atoms with E-state index >= 15 is 0 Å². The van der Waals surface area contributed by atoms with Crippen LogP contribution in [0.1, 0.15) is 17.0 Å². The third-order valence-corrected chi connectivity index (χ3v) is 5.04. The minimum absolute atomic E-state index is 0.0882. The zero-order valence-corrected chi connectivity index (χ0v) is 17.1. The molecular weight excluding hydrogens is 425 g/mol. The van der Waals surface area contributed by atoms with Gasteiger partial charge in [-0.2, -0.15) is 13.2 Å². The first-order valence-corrected chi connectivity index (χ1v) is 10.2. The van der Waals surface area contributed by atoms with Crippen molar-refractivity contribution in [1.82, 2.24) is 15.0 Å². The van der Waals surface area contributed by atoms with Gasteiger partial charge >= 0.3 is 6.18 Å².